The zero-order valence-corrected chi connectivity index (χ0v) is 16.9. The van der Waals surface area contributed by atoms with Gasteiger partial charge in [0.25, 0.3) is 0 Å². The van der Waals surface area contributed by atoms with Crippen LogP contribution >= 0.6 is 0 Å². The molecule has 0 saturated carbocycles. The summed E-state index contributed by atoms with van der Waals surface area (Å²) in [5, 5.41) is 59.0. The zero-order chi connectivity index (χ0) is 21.4. The first-order valence-corrected chi connectivity index (χ1v) is 10.5. The van der Waals surface area contributed by atoms with E-state index in [1.165, 1.54) is 19.3 Å². The van der Waals surface area contributed by atoms with Crippen molar-refractivity contribution in [2.45, 2.75) is 101 Å². The molecule has 172 valence electrons. The van der Waals surface area contributed by atoms with Crippen LogP contribution < -0.4 is 0 Å². The average molecular weight is 424 g/mol. The molecule has 10 nitrogen and oxygen atoms in total. The van der Waals surface area contributed by atoms with Gasteiger partial charge in [0.05, 0.1) is 13.2 Å². The standard InChI is InChI=1S/C19H36O10/c1-2-3-4-5-6-7-8-26-19-17(14(23)12(10-21)28-19)29-18-16(25)15(24)13(22)11(9-20)27-18/h11-25H,2-10H2,1H3/t11-,12-,13-,14-,15+,16+,17+,18-,19+/m1/s1. The Hall–Kier alpha value is -0.400. The fraction of sp³-hybridized carbons (Fsp3) is 1.00. The summed E-state index contributed by atoms with van der Waals surface area (Å²) in [6, 6.07) is 0. The van der Waals surface area contributed by atoms with Crippen molar-refractivity contribution in [3.05, 3.63) is 0 Å². The van der Waals surface area contributed by atoms with E-state index < -0.39 is 68.5 Å². The molecular weight excluding hydrogens is 388 g/mol. The van der Waals surface area contributed by atoms with Gasteiger partial charge in [-0.2, -0.15) is 0 Å². The predicted molar refractivity (Wildman–Crippen MR) is 99.7 cm³/mol. The van der Waals surface area contributed by atoms with Crippen molar-refractivity contribution < 1.29 is 49.6 Å². The van der Waals surface area contributed by atoms with Crippen LogP contribution in [0.5, 0.6) is 0 Å². The van der Waals surface area contributed by atoms with Crippen LogP contribution in [0.25, 0.3) is 0 Å². The molecular formula is C19H36O10. The third-order valence-corrected chi connectivity index (χ3v) is 5.39. The lowest BCUT2D eigenvalue weighted by Gasteiger charge is -2.41. The summed E-state index contributed by atoms with van der Waals surface area (Å²) >= 11 is 0. The van der Waals surface area contributed by atoms with Crippen LogP contribution in [0.2, 0.25) is 0 Å². The molecule has 2 rings (SSSR count). The predicted octanol–water partition coefficient (Wildman–Crippen LogP) is -1.37. The van der Waals surface area contributed by atoms with Crippen molar-refractivity contribution in [1.29, 1.82) is 0 Å². The molecule has 6 N–H and O–H groups in total. The van der Waals surface area contributed by atoms with Gasteiger partial charge >= 0.3 is 0 Å². The van der Waals surface area contributed by atoms with Gasteiger partial charge in [0, 0.05) is 6.61 Å². The van der Waals surface area contributed by atoms with E-state index >= 15 is 0 Å². The molecule has 10 heteroatoms. The third-order valence-electron chi connectivity index (χ3n) is 5.39. The maximum absolute atomic E-state index is 10.4. The second kappa shape index (κ2) is 12.5. The van der Waals surface area contributed by atoms with Crippen molar-refractivity contribution in [1.82, 2.24) is 0 Å². The fourth-order valence-electron chi connectivity index (χ4n) is 3.55. The fourth-order valence-corrected chi connectivity index (χ4v) is 3.55. The van der Waals surface area contributed by atoms with E-state index in [4.69, 9.17) is 18.9 Å². The Morgan fingerprint density at radius 2 is 1.28 bits per heavy atom. The summed E-state index contributed by atoms with van der Waals surface area (Å²) < 4.78 is 22.1. The van der Waals surface area contributed by atoms with Crippen molar-refractivity contribution in [2.24, 2.45) is 0 Å². The number of unbranched alkanes of at least 4 members (excludes halogenated alkanes) is 5. The highest BCUT2D eigenvalue weighted by atomic mass is 16.8. The van der Waals surface area contributed by atoms with E-state index in [2.05, 4.69) is 6.92 Å². The van der Waals surface area contributed by atoms with Gasteiger partial charge in [-0.05, 0) is 6.42 Å². The van der Waals surface area contributed by atoms with Crippen LogP contribution in [0.1, 0.15) is 45.4 Å². The van der Waals surface area contributed by atoms with Crippen LogP contribution in [-0.2, 0) is 18.9 Å². The lowest BCUT2D eigenvalue weighted by molar-refractivity contribution is -0.326. The summed E-state index contributed by atoms with van der Waals surface area (Å²) in [6.45, 7) is 1.48. The number of rotatable bonds is 12. The Kier molecular flexibility index (Phi) is 10.7. The van der Waals surface area contributed by atoms with Crippen LogP contribution in [0, 0.1) is 0 Å². The maximum Gasteiger partial charge on any atom is 0.187 e. The number of aliphatic hydroxyl groups excluding tert-OH is 6. The minimum Gasteiger partial charge on any atom is -0.394 e. The van der Waals surface area contributed by atoms with Crippen LogP contribution in [0.3, 0.4) is 0 Å². The van der Waals surface area contributed by atoms with E-state index in [-0.39, 0.29) is 0 Å². The average Bonchev–Trinajstić information content (AvgIpc) is 3.02. The monoisotopic (exact) mass is 424 g/mol. The molecule has 9 atom stereocenters. The lowest BCUT2D eigenvalue weighted by Crippen LogP contribution is -2.60. The van der Waals surface area contributed by atoms with Gasteiger partial charge in [0.1, 0.15) is 42.7 Å². The largest absolute Gasteiger partial charge is 0.394 e. The molecule has 2 aliphatic rings. The third kappa shape index (κ3) is 6.54. The molecule has 2 aliphatic heterocycles. The van der Waals surface area contributed by atoms with Gasteiger partial charge in [0.15, 0.2) is 12.6 Å². The van der Waals surface area contributed by atoms with Crippen LogP contribution in [0.4, 0.5) is 0 Å². The topological polar surface area (TPSA) is 158 Å². The molecule has 0 aromatic rings. The maximum atomic E-state index is 10.4. The molecule has 29 heavy (non-hydrogen) atoms. The Morgan fingerprint density at radius 3 is 1.93 bits per heavy atom. The smallest absolute Gasteiger partial charge is 0.187 e. The Bertz CT molecular complexity index is 451. The second-order valence-electron chi connectivity index (χ2n) is 7.65. The van der Waals surface area contributed by atoms with Gasteiger partial charge in [0.2, 0.25) is 0 Å². The van der Waals surface area contributed by atoms with Gasteiger partial charge in [-0.25, -0.2) is 0 Å². The Morgan fingerprint density at radius 1 is 0.690 bits per heavy atom. The highest BCUT2D eigenvalue weighted by Gasteiger charge is 2.50. The molecule has 0 spiro atoms. The number of hydrogen-bond acceptors (Lipinski definition) is 10. The Labute approximate surface area is 171 Å². The number of ether oxygens (including phenoxy) is 4. The van der Waals surface area contributed by atoms with Gasteiger partial charge in [-0.1, -0.05) is 39.0 Å². The van der Waals surface area contributed by atoms with Crippen LogP contribution in [-0.4, -0.2) is 106 Å². The first-order chi connectivity index (χ1) is 13.9. The molecule has 0 unspecified atom stereocenters. The molecule has 2 fully saturated rings. The van der Waals surface area contributed by atoms with Gasteiger partial charge < -0.3 is 49.6 Å². The zero-order valence-electron chi connectivity index (χ0n) is 16.9. The molecule has 0 radical (unpaired) electrons. The minimum absolute atomic E-state index is 0.371. The normalized spacial score (nSPS) is 40.4. The van der Waals surface area contributed by atoms with Gasteiger partial charge in [-0.3, -0.25) is 0 Å². The first kappa shape index (κ1) is 24.9. The van der Waals surface area contributed by atoms with Crippen molar-refractivity contribution >= 4 is 0 Å². The summed E-state index contributed by atoms with van der Waals surface area (Å²) in [5.41, 5.74) is 0. The summed E-state index contributed by atoms with van der Waals surface area (Å²) in [4.78, 5) is 0. The van der Waals surface area contributed by atoms with E-state index in [9.17, 15) is 30.6 Å². The van der Waals surface area contributed by atoms with Crippen molar-refractivity contribution in [2.75, 3.05) is 19.8 Å². The highest BCUT2D eigenvalue weighted by Crippen LogP contribution is 2.30. The van der Waals surface area contributed by atoms with Crippen molar-refractivity contribution in [3.63, 3.8) is 0 Å². The number of hydrogen-bond donors (Lipinski definition) is 6. The number of aliphatic hydroxyl groups is 6. The van der Waals surface area contributed by atoms with E-state index in [0.29, 0.717) is 6.61 Å². The lowest BCUT2D eigenvalue weighted by atomic mass is 9.99. The van der Waals surface area contributed by atoms with E-state index in [1.54, 1.807) is 0 Å². The SMILES string of the molecule is CCCCCCCCO[C@H]1O[C@H](CO)[C@@H](O)[C@@H]1O[C@H]1O[C@H](CO)[C@@H](O)[C@H](O)[C@@H]1O. The molecule has 0 aromatic carbocycles. The van der Waals surface area contributed by atoms with Crippen LogP contribution in [0.15, 0.2) is 0 Å². The molecule has 2 saturated heterocycles. The molecule has 0 bridgehead atoms. The second-order valence-corrected chi connectivity index (χ2v) is 7.65. The van der Waals surface area contributed by atoms with E-state index in [1.807, 2.05) is 0 Å². The van der Waals surface area contributed by atoms with E-state index in [0.717, 1.165) is 19.3 Å². The molecule has 0 aromatic heterocycles. The minimum atomic E-state index is -1.60. The molecule has 0 amide bonds. The molecule has 0 aliphatic carbocycles. The summed E-state index contributed by atoms with van der Waals surface area (Å²) in [5.74, 6) is 0. The highest BCUT2D eigenvalue weighted by molar-refractivity contribution is 4.92. The first-order valence-electron chi connectivity index (χ1n) is 10.5. The quantitative estimate of drug-likeness (QED) is 0.206. The Balaban J connectivity index is 1.90. The van der Waals surface area contributed by atoms with Gasteiger partial charge in [-0.15, -0.1) is 0 Å². The molecule has 2 heterocycles. The summed E-state index contributed by atoms with van der Waals surface area (Å²) in [6.07, 6.45) is -5.08. The van der Waals surface area contributed by atoms with Crippen molar-refractivity contribution in [3.8, 4) is 0 Å². The summed E-state index contributed by atoms with van der Waals surface area (Å²) in [7, 11) is 0.